The molecule has 0 unspecified atom stereocenters. The number of ether oxygens (including phenoxy) is 2. The van der Waals surface area contributed by atoms with Crippen molar-refractivity contribution in [3.8, 4) is 0 Å². The van der Waals surface area contributed by atoms with Gasteiger partial charge in [0.1, 0.15) is 13.2 Å². The van der Waals surface area contributed by atoms with Gasteiger partial charge >= 0.3 is 23.0 Å². The van der Waals surface area contributed by atoms with Gasteiger partial charge in [0.05, 0.1) is 23.7 Å². The van der Waals surface area contributed by atoms with Crippen LogP contribution in [0.4, 0.5) is 0 Å². The Hall–Kier alpha value is -3.82. The first-order chi connectivity index (χ1) is 15.4. The summed E-state index contributed by atoms with van der Waals surface area (Å²) in [6.45, 7) is 0.332. The normalized spacial score (nSPS) is 35.4. The second-order valence-corrected chi connectivity index (χ2v) is 8.35. The lowest BCUT2D eigenvalue weighted by molar-refractivity contribution is -0.526. The highest BCUT2D eigenvalue weighted by molar-refractivity contribution is 5.89. The molecule has 0 N–H and O–H groups in total. The van der Waals surface area contributed by atoms with Gasteiger partial charge in [0.15, 0.2) is 0 Å². The van der Waals surface area contributed by atoms with E-state index in [2.05, 4.69) is 0 Å². The predicted octanol–water partition coefficient (Wildman–Crippen LogP) is 1.94. The van der Waals surface area contributed by atoms with E-state index in [4.69, 9.17) is 9.47 Å². The van der Waals surface area contributed by atoms with Crippen LogP contribution in [0, 0.1) is 32.1 Å². The summed E-state index contributed by atoms with van der Waals surface area (Å²) in [5, 5.41) is 22.1. The number of rotatable bonds is 4. The minimum absolute atomic E-state index is 0.166. The smallest absolute Gasteiger partial charge is 0.385 e. The first kappa shape index (κ1) is 20.1. The van der Waals surface area contributed by atoms with E-state index < -0.39 is 32.9 Å². The van der Waals surface area contributed by atoms with Gasteiger partial charge in [-0.2, -0.15) is 0 Å². The van der Waals surface area contributed by atoms with Crippen LogP contribution < -0.4 is 0 Å². The topological polar surface area (TPSA) is 139 Å². The van der Waals surface area contributed by atoms with Crippen molar-refractivity contribution in [1.29, 1.82) is 0 Å². The summed E-state index contributed by atoms with van der Waals surface area (Å²) in [5.74, 6) is -2.59. The zero-order valence-corrected chi connectivity index (χ0v) is 16.7. The molecule has 2 saturated carbocycles. The number of esters is 2. The largest absolute Gasteiger partial charge is 0.460 e. The first-order valence-electron chi connectivity index (χ1n) is 10.1. The highest BCUT2D eigenvalue weighted by atomic mass is 16.7. The summed E-state index contributed by atoms with van der Waals surface area (Å²) in [7, 11) is 0. The van der Waals surface area contributed by atoms with Crippen LogP contribution in [0.15, 0.2) is 60.7 Å². The Morgan fingerprint density at radius 1 is 0.688 bits per heavy atom. The highest BCUT2D eigenvalue weighted by Crippen LogP contribution is 2.64. The third kappa shape index (κ3) is 2.46. The SMILES string of the molecule is O=C1OC[C@H]2[C@H](c3ccccc3)[C@@]12[N+](=O)[O-].O=C1OC[C@H]2[C@H](c3ccccc3)[C@@]12[N+](=O)[O-]. The third-order valence-corrected chi connectivity index (χ3v) is 7.03. The van der Waals surface area contributed by atoms with Crippen LogP contribution in [0.1, 0.15) is 23.0 Å². The van der Waals surface area contributed by atoms with Crippen molar-refractivity contribution >= 4 is 11.9 Å². The minimum atomic E-state index is -1.50. The quantitative estimate of drug-likeness (QED) is 0.401. The number of fused-ring (bicyclic) bond motifs is 2. The average molecular weight is 438 g/mol. The van der Waals surface area contributed by atoms with Crippen LogP contribution in [0.5, 0.6) is 0 Å². The standard InChI is InChI=1S/2C11H9NO4/c2*13-10-11(12(14)15)8(6-16-10)9(11)7-4-2-1-3-5-7/h2*1-5,8-9H,6H2/t2*8-,9-,11+/m00/s1. The van der Waals surface area contributed by atoms with E-state index in [-0.39, 0.29) is 36.9 Å². The molecule has 32 heavy (non-hydrogen) atoms. The van der Waals surface area contributed by atoms with Crippen LogP contribution in [0.2, 0.25) is 0 Å². The van der Waals surface area contributed by atoms with Crippen LogP contribution in [-0.4, -0.2) is 46.1 Å². The molecule has 0 radical (unpaired) electrons. The molecule has 4 aliphatic rings. The van der Waals surface area contributed by atoms with Gasteiger partial charge in [0.2, 0.25) is 0 Å². The summed E-state index contributed by atoms with van der Waals surface area (Å²) < 4.78 is 9.50. The van der Waals surface area contributed by atoms with Crippen LogP contribution >= 0.6 is 0 Å². The monoisotopic (exact) mass is 438 g/mol. The molecule has 10 heteroatoms. The lowest BCUT2D eigenvalue weighted by Crippen LogP contribution is -2.33. The zero-order chi connectivity index (χ0) is 22.7. The summed E-state index contributed by atoms with van der Waals surface area (Å²) >= 11 is 0. The molecule has 6 atom stereocenters. The maximum atomic E-state index is 11.5. The van der Waals surface area contributed by atoms with Gasteiger partial charge in [-0.3, -0.25) is 20.2 Å². The second kappa shape index (κ2) is 6.84. The molecule has 0 amide bonds. The molecule has 0 spiro atoms. The van der Waals surface area contributed by atoms with E-state index in [1.54, 1.807) is 0 Å². The molecule has 2 aromatic rings. The summed E-state index contributed by atoms with van der Waals surface area (Å²) in [5.41, 5.74) is -1.30. The van der Waals surface area contributed by atoms with Gasteiger partial charge in [0.25, 0.3) is 0 Å². The van der Waals surface area contributed by atoms with Crippen molar-refractivity contribution in [2.24, 2.45) is 11.8 Å². The predicted molar refractivity (Wildman–Crippen MR) is 107 cm³/mol. The first-order valence-corrected chi connectivity index (χ1v) is 10.1. The average Bonchev–Trinajstić information content (AvgIpc) is 3.59. The molecule has 0 aromatic heterocycles. The minimum Gasteiger partial charge on any atom is -0.460 e. The number of nitrogens with zero attached hydrogens (tertiary/aromatic N) is 2. The fraction of sp³-hybridized carbons (Fsp3) is 0.364. The molecule has 4 fully saturated rings. The fourth-order valence-electron chi connectivity index (χ4n) is 5.40. The molecule has 2 aromatic carbocycles. The Morgan fingerprint density at radius 3 is 1.31 bits per heavy atom. The Kier molecular flexibility index (Phi) is 4.30. The summed E-state index contributed by atoms with van der Waals surface area (Å²) in [6, 6.07) is 18.3. The molecule has 10 nitrogen and oxygen atoms in total. The van der Waals surface area contributed by atoms with E-state index in [1.165, 1.54) is 0 Å². The third-order valence-electron chi connectivity index (χ3n) is 7.03. The van der Waals surface area contributed by atoms with E-state index in [0.717, 1.165) is 11.1 Å². The molecule has 2 saturated heterocycles. The van der Waals surface area contributed by atoms with Crippen molar-refractivity contribution in [3.05, 3.63) is 92.0 Å². The Labute approximate surface area is 181 Å². The van der Waals surface area contributed by atoms with Crippen molar-refractivity contribution in [2.75, 3.05) is 13.2 Å². The second-order valence-electron chi connectivity index (χ2n) is 8.35. The number of carbonyl (C=O) groups is 2. The molecule has 164 valence electrons. The van der Waals surface area contributed by atoms with Gasteiger partial charge in [0, 0.05) is 9.85 Å². The lowest BCUT2D eigenvalue weighted by atomic mass is 10.1. The van der Waals surface area contributed by atoms with Crippen molar-refractivity contribution in [3.63, 3.8) is 0 Å². The van der Waals surface area contributed by atoms with Gasteiger partial charge in [-0.05, 0) is 11.1 Å². The molecule has 0 bridgehead atoms. The Bertz CT molecular complexity index is 1030. The zero-order valence-electron chi connectivity index (χ0n) is 16.7. The van der Waals surface area contributed by atoms with Crippen LogP contribution in [0.3, 0.4) is 0 Å². The molecule has 2 aliphatic carbocycles. The molecule has 2 heterocycles. The summed E-state index contributed by atoms with van der Waals surface area (Å²) in [6.07, 6.45) is 0. The van der Waals surface area contributed by atoms with Crippen LogP contribution in [-0.2, 0) is 19.1 Å². The number of benzene rings is 2. The van der Waals surface area contributed by atoms with E-state index in [1.807, 2.05) is 60.7 Å². The number of carbonyl (C=O) groups excluding carboxylic acids is 2. The van der Waals surface area contributed by atoms with Crippen molar-refractivity contribution in [1.82, 2.24) is 0 Å². The number of nitro groups is 2. The van der Waals surface area contributed by atoms with Crippen molar-refractivity contribution < 1.29 is 28.9 Å². The Balaban J connectivity index is 0.000000135. The van der Waals surface area contributed by atoms with Crippen LogP contribution in [0.25, 0.3) is 0 Å². The van der Waals surface area contributed by atoms with Gasteiger partial charge < -0.3 is 9.47 Å². The maximum Gasteiger partial charge on any atom is 0.385 e. The van der Waals surface area contributed by atoms with E-state index in [9.17, 15) is 29.8 Å². The van der Waals surface area contributed by atoms with Gasteiger partial charge in [-0.25, -0.2) is 9.59 Å². The summed E-state index contributed by atoms with van der Waals surface area (Å²) in [4.78, 5) is 44.2. The number of cyclic esters (lactones) is 2. The number of hydrogen-bond acceptors (Lipinski definition) is 8. The lowest BCUT2D eigenvalue weighted by Gasteiger charge is -2.06. The molecule has 6 rings (SSSR count). The highest BCUT2D eigenvalue weighted by Gasteiger charge is 2.86. The molecular formula is C22H18N2O8. The Morgan fingerprint density at radius 2 is 1.03 bits per heavy atom. The van der Waals surface area contributed by atoms with E-state index >= 15 is 0 Å². The maximum absolute atomic E-state index is 11.5. The molecule has 2 aliphatic heterocycles. The van der Waals surface area contributed by atoms with E-state index in [0.29, 0.717) is 0 Å². The van der Waals surface area contributed by atoms with Crippen molar-refractivity contribution in [2.45, 2.75) is 22.9 Å². The fourth-order valence-corrected chi connectivity index (χ4v) is 5.40. The molecular weight excluding hydrogens is 420 g/mol. The van der Waals surface area contributed by atoms with Gasteiger partial charge in [-0.15, -0.1) is 0 Å². The number of hydrogen-bond donors (Lipinski definition) is 0. The van der Waals surface area contributed by atoms with Gasteiger partial charge in [-0.1, -0.05) is 60.7 Å².